The number of aliphatic hydroxyl groups excluding tert-OH is 1. The normalized spacial score (nSPS) is 18.4. The average Bonchev–Trinajstić information content (AvgIpc) is 2.52. The molecule has 0 saturated carbocycles. The fourth-order valence-electron chi connectivity index (χ4n) is 3.14. The van der Waals surface area contributed by atoms with Gasteiger partial charge >= 0.3 is 6.03 Å². The Bertz CT molecular complexity index is 495. The van der Waals surface area contributed by atoms with Gasteiger partial charge in [0.25, 0.3) is 0 Å². The Morgan fingerprint density at radius 2 is 2.27 bits per heavy atom. The fraction of sp³-hybridized carbons (Fsp3) is 0.588. The van der Waals surface area contributed by atoms with Gasteiger partial charge in [-0.3, -0.25) is 0 Å². The minimum Gasteiger partial charge on any atom is -0.395 e. The van der Waals surface area contributed by atoms with Crippen LogP contribution in [0.1, 0.15) is 36.9 Å². The molecule has 0 radical (unpaired) electrons. The third-order valence-corrected chi connectivity index (χ3v) is 4.94. The van der Waals surface area contributed by atoms with Gasteiger partial charge in [0.1, 0.15) is 0 Å². The van der Waals surface area contributed by atoms with Gasteiger partial charge in [-0.2, -0.15) is 11.8 Å². The topological polar surface area (TPSA) is 52.6 Å². The molecule has 1 aromatic rings. The van der Waals surface area contributed by atoms with Gasteiger partial charge in [0.15, 0.2) is 0 Å². The molecular weight excluding hydrogens is 296 g/mol. The highest BCUT2D eigenvalue weighted by Gasteiger charge is 2.29. The molecule has 1 aliphatic carbocycles. The number of nitrogens with one attached hydrogen (secondary N) is 1. The van der Waals surface area contributed by atoms with Crippen LogP contribution in [0.4, 0.5) is 4.79 Å². The lowest BCUT2D eigenvalue weighted by molar-refractivity contribution is 0.143. The lowest BCUT2D eigenvalue weighted by Crippen LogP contribution is -2.47. The summed E-state index contributed by atoms with van der Waals surface area (Å²) in [6.45, 7) is 2.38. The van der Waals surface area contributed by atoms with Crippen LogP contribution in [0.3, 0.4) is 0 Å². The van der Waals surface area contributed by atoms with E-state index in [1.165, 1.54) is 11.1 Å². The maximum Gasteiger partial charge on any atom is 0.318 e. The summed E-state index contributed by atoms with van der Waals surface area (Å²) in [4.78, 5) is 14.4. The zero-order valence-electron chi connectivity index (χ0n) is 13.4. The predicted octanol–water partition coefficient (Wildman–Crippen LogP) is 2.82. The van der Waals surface area contributed by atoms with E-state index in [4.69, 9.17) is 0 Å². The molecule has 1 aliphatic rings. The van der Waals surface area contributed by atoms with Gasteiger partial charge in [0, 0.05) is 18.3 Å². The molecule has 5 heteroatoms. The van der Waals surface area contributed by atoms with Crippen LogP contribution in [0.5, 0.6) is 0 Å². The summed E-state index contributed by atoms with van der Waals surface area (Å²) in [5, 5.41) is 12.4. The van der Waals surface area contributed by atoms with Crippen molar-refractivity contribution in [2.24, 2.45) is 0 Å². The van der Waals surface area contributed by atoms with Crippen molar-refractivity contribution in [3.05, 3.63) is 35.4 Å². The van der Waals surface area contributed by atoms with Crippen LogP contribution >= 0.6 is 11.8 Å². The summed E-state index contributed by atoms with van der Waals surface area (Å²) in [6.07, 6.45) is 5.15. The van der Waals surface area contributed by atoms with Crippen molar-refractivity contribution in [3.63, 3.8) is 0 Å². The van der Waals surface area contributed by atoms with Crippen LogP contribution in [0.25, 0.3) is 0 Å². The summed E-state index contributed by atoms with van der Waals surface area (Å²) in [5.74, 6) is 0.889. The molecule has 2 atom stereocenters. The van der Waals surface area contributed by atoms with Crippen LogP contribution in [0.15, 0.2) is 24.3 Å². The second kappa shape index (κ2) is 8.44. The first-order valence-corrected chi connectivity index (χ1v) is 9.31. The molecule has 0 fully saturated rings. The predicted molar refractivity (Wildman–Crippen MR) is 92.3 cm³/mol. The van der Waals surface area contributed by atoms with Crippen LogP contribution < -0.4 is 5.32 Å². The zero-order valence-corrected chi connectivity index (χ0v) is 14.2. The molecule has 0 spiro atoms. The smallest absolute Gasteiger partial charge is 0.318 e. The highest BCUT2D eigenvalue weighted by Crippen LogP contribution is 2.34. The van der Waals surface area contributed by atoms with Crippen LogP contribution in [-0.2, 0) is 6.42 Å². The van der Waals surface area contributed by atoms with E-state index in [0.717, 1.165) is 25.0 Å². The molecule has 2 N–H and O–H groups in total. The Morgan fingerprint density at radius 3 is 3.00 bits per heavy atom. The Labute approximate surface area is 137 Å². The number of nitrogens with zero attached hydrogens (tertiary/aromatic N) is 1. The van der Waals surface area contributed by atoms with Crippen LogP contribution in [-0.4, -0.2) is 47.2 Å². The van der Waals surface area contributed by atoms with Crippen molar-refractivity contribution in [3.8, 4) is 0 Å². The number of carbonyl (C=O) groups is 1. The number of carbonyl (C=O) groups excluding carboxylic acids is 1. The van der Waals surface area contributed by atoms with Gasteiger partial charge in [0.2, 0.25) is 0 Å². The first-order chi connectivity index (χ1) is 10.7. The van der Waals surface area contributed by atoms with Gasteiger partial charge in [-0.15, -0.1) is 0 Å². The van der Waals surface area contributed by atoms with Crippen molar-refractivity contribution < 1.29 is 9.90 Å². The van der Waals surface area contributed by atoms with Crippen molar-refractivity contribution in [2.75, 3.05) is 25.2 Å². The third-order valence-electron chi connectivity index (χ3n) is 4.10. The van der Waals surface area contributed by atoms with Gasteiger partial charge in [-0.05, 0) is 43.6 Å². The molecule has 0 aromatic heterocycles. The maximum absolute atomic E-state index is 12.6. The van der Waals surface area contributed by atoms with Crippen molar-refractivity contribution >= 4 is 17.8 Å². The lowest BCUT2D eigenvalue weighted by Gasteiger charge is -2.36. The van der Waals surface area contributed by atoms with E-state index in [0.29, 0.717) is 6.54 Å². The highest BCUT2D eigenvalue weighted by molar-refractivity contribution is 7.98. The summed E-state index contributed by atoms with van der Waals surface area (Å²) in [5.41, 5.74) is 2.56. The molecule has 2 rings (SSSR count). The van der Waals surface area contributed by atoms with E-state index in [-0.39, 0.29) is 24.7 Å². The van der Waals surface area contributed by atoms with Crippen molar-refractivity contribution in [1.29, 1.82) is 0 Å². The second-order valence-corrected chi connectivity index (χ2v) is 6.74. The standard InChI is InChI=1S/C17H26N2O2S/c1-13(12-22-2)18-17(21)19(10-11-20)16-9-5-7-14-6-3-4-8-15(14)16/h3-4,6,8,13,16,20H,5,7,9-12H2,1-2H3,(H,18,21). The summed E-state index contributed by atoms with van der Waals surface area (Å²) >= 11 is 1.72. The number of aliphatic hydroxyl groups is 1. The lowest BCUT2D eigenvalue weighted by atomic mass is 9.87. The molecule has 122 valence electrons. The summed E-state index contributed by atoms with van der Waals surface area (Å²) in [6, 6.07) is 8.47. The maximum atomic E-state index is 12.6. The Balaban J connectivity index is 2.16. The molecule has 4 nitrogen and oxygen atoms in total. The van der Waals surface area contributed by atoms with Crippen molar-refractivity contribution in [1.82, 2.24) is 10.2 Å². The SMILES string of the molecule is CSCC(C)NC(=O)N(CCO)C1CCCc2ccccc21. The van der Waals surface area contributed by atoms with Gasteiger partial charge in [-0.1, -0.05) is 24.3 Å². The van der Waals surface area contributed by atoms with Crippen LogP contribution in [0.2, 0.25) is 0 Å². The average molecular weight is 322 g/mol. The zero-order chi connectivity index (χ0) is 15.9. The number of fused-ring (bicyclic) bond motifs is 1. The third kappa shape index (κ3) is 4.17. The number of hydrogen-bond donors (Lipinski definition) is 2. The summed E-state index contributed by atoms with van der Waals surface area (Å²) in [7, 11) is 0. The van der Waals surface area contributed by atoms with E-state index >= 15 is 0 Å². The molecule has 1 aromatic carbocycles. The van der Waals surface area contributed by atoms with Crippen molar-refractivity contribution in [2.45, 2.75) is 38.3 Å². The number of rotatable bonds is 6. The second-order valence-electron chi connectivity index (χ2n) is 5.83. The van der Waals surface area contributed by atoms with E-state index in [9.17, 15) is 9.90 Å². The molecule has 0 heterocycles. The first kappa shape index (κ1) is 17.2. The molecule has 0 aliphatic heterocycles. The van der Waals surface area contributed by atoms with Gasteiger partial charge < -0.3 is 15.3 Å². The van der Waals surface area contributed by atoms with E-state index in [2.05, 4.69) is 23.5 Å². The Morgan fingerprint density at radius 1 is 1.50 bits per heavy atom. The van der Waals surface area contributed by atoms with Crippen LogP contribution in [0, 0.1) is 0 Å². The minimum atomic E-state index is -0.0719. The minimum absolute atomic E-state index is 0.0109. The Kier molecular flexibility index (Phi) is 6.58. The number of hydrogen-bond acceptors (Lipinski definition) is 3. The summed E-state index contributed by atoms with van der Waals surface area (Å²) < 4.78 is 0. The van der Waals surface area contributed by atoms with Gasteiger partial charge in [-0.25, -0.2) is 4.79 Å². The fourth-order valence-corrected chi connectivity index (χ4v) is 3.73. The highest BCUT2D eigenvalue weighted by atomic mass is 32.2. The molecule has 22 heavy (non-hydrogen) atoms. The monoisotopic (exact) mass is 322 g/mol. The van der Waals surface area contributed by atoms with E-state index in [1.807, 2.05) is 19.2 Å². The molecular formula is C17H26N2O2S. The number of benzene rings is 1. The quantitative estimate of drug-likeness (QED) is 0.847. The molecule has 2 amide bonds. The Hall–Kier alpha value is -1.20. The van der Waals surface area contributed by atoms with E-state index in [1.54, 1.807) is 16.7 Å². The molecule has 2 unspecified atom stereocenters. The van der Waals surface area contributed by atoms with E-state index < -0.39 is 0 Å². The number of urea groups is 1. The molecule has 0 bridgehead atoms. The first-order valence-electron chi connectivity index (χ1n) is 7.92. The van der Waals surface area contributed by atoms with Gasteiger partial charge in [0.05, 0.1) is 12.6 Å². The number of aryl methyl sites for hydroxylation is 1. The largest absolute Gasteiger partial charge is 0.395 e. The molecule has 0 saturated heterocycles. The number of amides is 2. The number of thioether (sulfide) groups is 1.